The van der Waals surface area contributed by atoms with Crippen molar-refractivity contribution in [2.75, 3.05) is 7.05 Å². The first-order valence-electron chi connectivity index (χ1n) is 6.60. The molecule has 0 bridgehead atoms. The number of nitrogens with zero attached hydrogens (tertiary/aromatic N) is 1. The van der Waals surface area contributed by atoms with Crippen LogP contribution in [-0.4, -0.2) is 17.9 Å². The molecule has 1 unspecified atom stereocenters. The number of rotatable bonds is 4. The van der Waals surface area contributed by atoms with Crippen molar-refractivity contribution >= 4 is 17.2 Å². The number of carbonyl (C=O) groups excluding carboxylic acids is 1. The van der Waals surface area contributed by atoms with Gasteiger partial charge in [0.25, 0.3) is 0 Å². The van der Waals surface area contributed by atoms with Gasteiger partial charge in [-0.2, -0.15) is 0 Å². The summed E-state index contributed by atoms with van der Waals surface area (Å²) in [4.78, 5) is 16.5. The minimum absolute atomic E-state index is 0.0556. The molecule has 106 valence electrons. The van der Waals surface area contributed by atoms with E-state index in [-0.39, 0.29) is 5.91 Å². The predicted octanol–water partition coefficient (Wildman–Crippen LogP) is 3.02. The number of carbonyl (C=O) groups is 1. The molecule has 1 aromatic heterocycles. The standard InChI is InChI=1S/C16H20N2OS/c1-11-4-7-13(8-5-11)15(17)16(19)18(3)10-14-9-6-12(2)20-14/h4-9,15H,10,17H2,1-3H3. The Hall–Kier alpha value is -1.65. The van der Waals surface area contributed by atoms with Crippen LogP contribution in [0.1, 0.15) is 26.9 Å². The smallest absolute Gasteiger partial charge is 0.244 e. The third-order valence-electron chi connectivity index (χ3n) is 3.27. The average molecular weight is 288 g/mol. The predicted molar refractivity (Wildman–Crippen MR) is 83.6 cm³/mol. The second-order valence-electron chi connectivity index (χ2n) is 5.10. The van der Waals surface area contributed by atoms with E-state index < -0.39 is 6.04 Å². The lowest BCUT2D eigenvalue weighted by Gasteiger charge is -2.21. The maximum atomic E-state index is 12.3. The molecule has 0 saturated carbocycles. The van der Waals surface area contributed by atoms with E-state index in [1.165, 1.54) is 9.75 Å². The quantitative estimate of drug-likeness (QED) is 0.940. The molecule has 2 rings (SSSR count). The number of amides is 1. The van der Waals surface area contributed by atoms with Crippen molar-refractivity contribution < 1.29 is 4.79 Å². The molecule has 1 heterocycles. The van der Waals surface area contributed by atoms with Crippen LogP contribution in [-0.2, 0) is 11.3 Å². The van der Waals surface area contributed by atoms with E-state index in [4.69, 9.17) is 5.73 Å². The molecule has 1 amide bonds. The van der Waals surface area contributed by atoms with Gasteiger partial charge >= 0.3 is 0 Å². The number of hydrogen-bond donors (Lipinski definition) is 1. The van der Waals surface area contributed by atoms with Gasteiger partial charge in [-0.15, -0.1) is 11.3 Å². The normalized spacial score (nSPS) is 12.2. The van der Waals surface area contributed by atoms with Crippen LogP contribution >= 0.6 is 11.3 Å². The van der Waals surface area contributed by atoms with Gasteiger partial charge < -0.3 is 10.6 Å². The van der Waals surface area contributed by atoms with E-state index in [1.807, 2.05) is 31.2 Å². The fourth-order valence-electron chi connectivity index (χ4n) is 2.04. The highest BCUT2D eigenvalue weighted by molar-refractivity contribution is 7.11. The maximum absolute atomic E-state index is 12.3. The fourth-order valence-corrected chi connectivity index (χ4v) is 2.98. The first-order chi connectivity index (χ1) is 9.47. The zero-order chi connectivity index (χ0) is 14.7. The van der Waals surface area contributed by atoms with Crippen molar-refractivity contribution in [3.05, 3.63) is 57.3 Å². The monoisotopic (exact) mass is 288 g/mol. The molecular weight excluding hydrogens is 268 g/mol. The van der Waals surface area contributed by atoms with Crippen molar-refractivity contribution in [1.29, 1.82) is 0 Å². The molecule has 0 radical (unpaired) electrons. The Morgan fingerprint density at radius 1 is 1.20 bits per heavy atom. The van der Waals surface area contributed by atoms with Gasteiger partial charge in [-0.05, 0) is 31.5 Å². The Balaban J connectivity index is 2.04. The lowest BCUT2D eigenvalue weighted by atomic mass is 10.0. The zero-order valence-electron chi connectivity index (χ0n) is 12.1. The lowest BCUT2D eigenvalue weighted by molar-refractivity contribution is -0.131. The SMILES string of the molecule is Cc1ccc(C(N)C(=O)N(C)Cc2ccc(C)s2)cc1. The summed E-state index contributed by atoms with van der Waals surface area (Å²) in [6, 6.07) is 11.3. The molecular formula is C16H20N2OS. The summed E-state index contributed by atoms with van der Waals surface area (Å²) in [7, 11) is 1.80. The summed E-state index contributed by atoms with van der Waals surface area (Å²) in [6.45, 7) is 4.69. The number of nitrogens with two attached hydrogens (primary N) is 1. The molecule has 0 aliphatic carbocycles. The van der Waals surface area contributed by atoms with Crippen LogP contribution in [0.25, 0.3) is 0 Å². The summed E-state index contributed by atoms with van der Waals surface area (Å²) in [5.41, 5.74) is 8.08. The lowest BCUT2D eigenvalue weighted by Crippen LogP contribution is -2.35. The van der Waals surface area contributed by atoms with Crippen LogP contribution < -0.4 is 5.73 Å². The van der Waals surface area contributed by atoms with Gasteiger partial charge in [-0.3, -0.25) is 4.79 Å². The van der Waals surface area contributed by atoms with E-state index in [0.717, 1.165) is 11.1 Å². The summed E-state index contributed by atoms with van der Waals surface area (Å²) in [6.07, 6.45) is 0. The molecule has 0 aliphatic rings. The van der Waals surface area contributed by atoms with E-state index in [1.54, 1.807) is 23.3 Å². The molecule has 3 nitrogen and oxygen atoms in total. The number of hydrogen-bond acceptors (Lipinski definition) is 3. The number of likely N-dealkylation sites (N-methyl/N-ethyl adjacent to an activating group) is 1. The molecule has 0 saturated heterocycles. The van der Waals surface area contributed by atoms with Crippen LogP contribution in [0, 0.1) is 13.8 Å². The fraction of sp³-hybridized carbons (Fsp3) is 0.312. The van der Waals surface area contributed by atoms with Crippen LogP contribution in [0.15, 0.2) is 36.4 Å². The number of aryl methyl sites for hydroxylation is 2. The average Bonchev–Trinajstić information content (AvgIpc) is 2.83. The third kappa shape index (κ3) is 3.46. The summed E-state index contributed by atoms with van der Waals surface area (Å²) in [5.74, 6) is -0.0556. The van der Waals surface area contributed by atoms with Crippen LogP contribution in [0.2, 0.25) is 0 Å². The van der Waals surface area contributed by atoms with Gasteiger partial charge in [-0.1, -0.05) is 29.8 Å². The van der Waals surface area contributed by atoms with Crippen molar-refractivity contribution in [2.24, 2.45) is 5.73 Å². The van der Waals surface area contributed by atoms with Crippen molar-refractivity contribution in [1.82, 2.24) is 4.90 Å². The molecule has 2 N–H and O–H groups in total. The molecule has 0 aliphatic heterocycles. The molecule has 1 aromatic carbocycles. The summed E-state index contributed by atoms with van der Waals surface area (Å²) in [5, 5.41) is 0. The zero-order valence-corrected chi connectivity index (χ0v) is 12.9. The third-order valence-corrected chi connectivity index (χ3v) is 4.25. The Kier molecular flexibility index (Phi) is 4.57. The number of benzene rings is 1. The van der Waals surface area contributed by atoms with Crippen LogP contribution in [0.4, 0.5) is 0 Å². The van der Waals surface area contributed by atoms with Gasteiger partial charge in [0.2, 0.25) is 5.91 Å². The van der Waals surface area contributed by atoms with Gasteiger partial charge in [0, 0.05) is 16.8 Å². The summed E-state index contributed by atoms with van der Waals surface area (Å²) < 4.78 is 0. The van der Waals surface area contributed by atoms with E-state index in [2.05, 4.69) is 19.1 Å². The van der Waals surface area contributed by atoms with Crippen LogP contribution in [0.5, 0.6) is 0 Å². The van der Waals surface area contributed by atoms with E-state index in [0.29, 0.717) is 6.54 Å². The molecule has 20 heavy (non-hydrogen) atoms. The molecule has 0 spiro atoms. The Morgan fingerprint density at radius 2 is 1.85 bits per heavy atom. The molecule has 1 atom stereocenters. The minimum atomic E-state index is -0.596. The van der Waals surface area contributed by atoms with Crippen molar-refractivity contribution in [2.45, 2.75) is 26.4 Å². The molecule has 2 aromatic rings. The van der Waals surface area contributed by atoms with E-state index in [9.17, 15) is 4.79 Å². The largest absolute Gasteiger partial charge is 0.339 e. The molecule has 4 heteroatoms. The maximum Gasteiger partial charge on any atom is 0.244 e. The Labute approximate surface area is 124 Å². The van der Waals surface area contributed by atoms with Gasteiger partial charge in [-0.25, -0.2) is 0 Å². The second kappa shape index (κ2) is 6.20. The Morgan fingerprint density at radius 3 is 2.40 bits per heavy atom. The van der Waals surface area contributed by atoms with E-state index >= 15 is 0 Å². The Bertz CT molecular complexity index is 589. The highest BCUT2D eigenvalue weighted by Crippen LogP contribution is 2.19. The molecule has 0 fully saturated rings. The second-order valence-corrected chi connectivity index (χ2v) is 6.47. The minimum Gasteiger partial charge on any atom is -0.339 e. The van der Waals surface area contributed by atoms with Gasteiger partial charge in [0.15, 0.2) is 0 Å². The number of thiophene rings is 1. The van der Waals surface area contributed by atoms with Gasteiger partial charge in [0.05, 0.1) is 6.54 Å². The van der Waals surface area contributed by atoms with Crippen molar-refractivity contribution in [3.63, 3.8) is 0 Å². The highest BCUT2D eigenvalue weighted by Gasteiger charge is 2.20. The summed E-state index contributed by atoms with van der Waals surface area (Å²) >= 11 is 1.71. The van der Waals surface area contributed by atoms with Gasteiger partial charge in [0.1, 0.15) is 6.04 Å². The first kappa shape index (κ1) is 14.8. The van der Waals surface area contributed by atoms with Crippen molar-refractivity contribution in [3.8, 4) is 0 Å². The van der Waals surface area contributed by atoms with Crippen LogP contribution in [0.3, 0.4) is 0 Å². The highest BCUT2D eigenvalue weighted by atomic mass is 32.1. The topological polar surface area (TPSA) is 46.3 Å². The first-order valence-corrected chi connectivity index (χ1v) is 7.41.